The zero-order valence-corrected chi connectivity index (χ0v) is 13.0. The number of anilines is 2. The molecule has 2 unspecified atom stereocenters. The molecule has 0 radical (unpaired) electrons. The second kappa shape index (κ2) is 7.46. The maximum absolute atomic E-state index is 12.0. The maximum atomic E-state index is 12.0. The maximum Gasteiger partial charge on any atom is 0.250 e. The highest BCUT2D eigenvalue weighted by Crippen LogP contribution is 2.29. The normalized spacial score (nSPS) is 22.0. The number of ether oxygens (including phenoxy) is 1. The summed E-state index contributed by atoms with van der Waals surface area (Å²) in [6.45, 7) is 4.27. The lowest BCUT2D eigenvalue weighted by Gasteiger charge is -2.30. The number of nitrogen functional groups attached to an aromatic ring is 1. The number of amides is 1. The van der Waals surface area contributed by atoms with Gasteiger partial charge in [0, 0.05) is 11.4 Å². The Morgan fingerprint density at radius 2 is 2.14 bits per heavy atom. The Balaban J connectivity index is 1.85. The molecule has 0 saturated heterocycles. The minimum atomic E-state index is -0.107. The van der Waals surface area contributed by atoms with E-state index in [-0.39, 0.29) is 18.6 Å². The molecule has 1 aliphatic rings. The van der Waals surface area contributed by atoms with Crippen molar-refractivity contribution in [3.63, 3.8) is 0 Å². The van der Waals surface area contributed by atoms with E-state index in [4.69, 9.17) is 10.5 Å². The summed E-state index contributed by atoms with van der Waals surface area (Å²) in [7, 11) is 0. The Bertz CT molecular complexity index is 488. The van der Waals surface area contributed by atoms with E-state index >= 15 is 0 Å². The van der Waals surface area contributed by atoms with Crippen LogP contribution in [-0.4, -0.2) is 18.6 Å². The van der Waals surface area contributed by atoms with Crippen molar-refractivity contribution in [3.05, 3.63) is 23.8 Å². The summed E-state index contributed by atoms with van der Waals surface area (Å²) in [5.41, 5.74) is 8.16. The number of hydrogen-bond donors (Lipinski definition) is 2. The van der Waals surface area contributed by atoms with E-state index in [0.717, 1.165) is 24.1 Å². The molecular weight excluding hydrogens is 264 g/mol. The van der Waals surface area contributed by atoms with E-state index < -0.39 is 0 Å². The van der Waals surface area contributed by atoms with Gasteiger partial charge in [0.2, 0.25) is 5.91 Å². The first-order valence-electron chi connectivity index (χ1n) is 7.87. The smallest absolute Gasteiger partial charge is 0.250 e. The molecule has 1 aromatic carbocycles. The van der Waals surface area contributed by atoms with E-state index in [1.54, 1.807) is 6.07 Å². The molecule has 4 nitrogen and oxygen atoms in total. The SMILES string of the molecule is CCC1CCCCC1OCC(=O)Nc1cc(N)ccc1C. The third-order valence-corrected chi connectivity index (χ3v) is 4.33. The van der Waals surface area contributed by atoms with Crippen LogP contribution in [-0.2, 0) is 9.53 Å². The molecule has 0 heterocycles. The molecule has 1 saturated carbocycles. The minimum absolute atomic E-state index is 0.107. The van der Waals surface area contributed by atoms with Crippen LogP contribution in [0.5, 0.6) is 0 Å². The Kier molecular flexibility index (Phi) is 5.62. The van der Waals surface area contributed by atoms with Crippen molar-refractivity contribution in [2.75, 3.05) is 17.7 Å². The van der Waals surface area contributed by atoms with Crippen LogP contribution in [0.4, 0.5) is 11.4 Å². The highest BCUT2D eigenvalue weighted by molar-refractivity contribution is 5.92. The van der Waals surface area contributed by atoms with Gasteiger partial charge >= 0.3 is 0 Å². The second-order valence-electron chi connectivity index (χ2n) is 5.92. The lowest BCUT2D eigenvalue weighted by atomic mass is 9.85. The van der Waals surface area contributed by atoms with Crippen LogP contribution >= 0.6 is 0 Å². The second-order valence-corrected chi connectivity index (χ2v) is 5.92. The number of rotatable bonds is 5. The molecule has 3 N–H and O–H groups in total. The molecule has 21 heavy (non-hydrogen) atoms. The third-order valence-electron chi connectivity index (χ3n) is 4.33. The van der Waals surface area contributed by atoms with Crippen molar-refractivity contribution in [2.24, 2.45) is 5.92 Å². The van der Waals surface area contributed by atoms with E-state index in [2.05, 4.69) is 12.2 Å². The number of carbonyl (C=O) groups is 1. The predicted molar refractivity (Wildman–Crippen MR) is 86.2 cm³/mol. The first-order valence-corrected chi connectivity index (χ1v) is 7.87. The molecule has 4 heteroatoms. The highest BCUT2D eigenvalue weighted by atomic mass is 16.5. The van der Waals surface area contributed by atoms with Crippen LogP contribution in [0.2, 0.25) is 0 Å². The fourth-order valence-electron chi connectivity index (χ4n) is 3.00. The quantitative estimate of drug-likeness (QED) is 0.816. The molecule has 116 valence electrons. The zero-order valence-electron chi connectivity index (χ0n) is 13.0. The summed E-state index contributed by atoms with van der Waals surface area (Å²) in [4.78, 5) is 12.0. The van der Waals surface area contributed by atoms with E-state index in [1.165, 1.54) is 19.3 Å². The summed E-state index contributed by atoms with van der Waals surface area (Å²) >= 11 is 0. The zero-order chi connectivity index (χ0) is 15.2. The average molecular weight is 290 g/mol. The molecule has 0 aliphatic heterocycles. The van der Waals surface area contributed by atoms with E-state index in [0.29, 0.717) is 11.6 Å². The van der Waals surface area contributed by atoms with Crippen molar-refractivity contribution in [3.8, 4) is 0 Å². The third kappa shape index (κ3) is 4.46. The minimum Gasteiger partial charge on any atom is -0.399 e. The number of benzene rings is 1. The summed E-state index contributed by atoms with van der Waals surface area (Å²) < 4.78 is 5.85. The number of nitrogens with one attached hydrogen (secondary N) is 1. The van der Waals surface area contributed by atoms with Gasteiger partial charge in [-0.05, 0) is 43.4 Å². The van der Waals surface area contributed by atoms with Crippen molar-refractivity contribution in [2.45, 2.75) is 52.1 Å². The van der Waals surface area contributed by atoms with Gasteiger partial charge in [-0.3, -0.25) is 4.79 Å². The van der Waals surface area contributed by atoms with Crippen LogP contribution in [0.3, 0.4) is 0 Å². The standard InChI is InChI=1S/C17H26N2O2/c1-3-13-6-4-5-7-16(13)21-11-17(20)19-15-10-14(18)9-8-12(15)2/h8-10,13,16H,3-7,11,18H2,1-2H3,(H,19,20). The number of carbonyl (C=O) groups excluding carboxylic acids is 1. The van der Waals surface area contributed by atoms with Crippen LogP contribution in [0.1, 0.15) is 44.6 Å². The average Bonchev–Trinajstić information content (AvgIpc) is 2.49. The first kappa shape index (κ1) is 15.8. The van der Waals surface area contributed by atoms with Crippen LogP contribution in [0, 0.1) is 12.8 Å². The predicted octanol–water partition coefficient (Wildman–Crippen LogP) is 3.50. The van der Waals surface area contributed by atoms with Crippen molar-refractivity contribution >= 4 is 17.3 Å². The molecule has 0 bridgehead atoms. The van der Waals surface area contributed by atoms with Gasteiger partial charge in [0.1, 0.15) is 6.61 Å². The Morgan fingerprint density at radius 1 is 1.38 bits per heavy atom. The number of aryl methyl sites for hydroxylation is 1. The van der Waals surface area contributed by atoms with E-state index in [1.807, 2.05) is 19.1 Å². The molecule has 1 fully saturated rings. The van der Waals surface area contributed by atoms with Gasteiger partial charge < -0.3 is 15.8 Å². The fraction of sp³-hybridized carbons (Fsp3) is 0.588. The molecule has 2 atom stereocenters. The van der Waals surface area contributed by atoms with Crippen molar-refractivity contribution in [1.29, 1.82) is 0 Å². The van der Waals surface area contributed by atoms with Gasteiger partial charge in [-0.1, -0.05) is 32.3 Å². The lowest BCUT2D eigenvalue weighted by Crippen LogP contribution is -2.31. The van der Waals surface area contributed by atoms with Crippen molar-refractivity contribution in [1.82, 2.24) is 0 Å². The molecule has 1 amide bonds. The Morgan fingerprint density at radius 3 is 2.90 bits per heavy atom. The summed E-state index contributed by atoms with van der Waals surface area (Å²) in [6.07, 6.45) is 6.14. The summed E-state index contributed by atoms with van der Waals surface area (Å²) in [5, 5.41) is 2.88. The van der Waals surface area contributed by atoms with Crippen molar-refractivity contribution < 1.29 is 9.53 Å². The van der Waals surface area contributed by atoms with Gasteiger partial charge in [0.15, 0.2) is 0 Å². The number of hydrogen-bond acceptors (Lipinski definition) is 3. The molecular formula is C17H26N2O2. The molecule has 2 rings (SSSR count). The highest BCUT2D eigenvalue weighted by Gasteiger charge is 2.24. The molecule has 1 aliphatic carbocycles. The van der Waals surface area contributed by atoms with Gasteiger partial charge in [-0.15, -0.1) is 0 Å². The first-order chi connectivity index (χ1) is 10.1. The van der Waals surface area contributed by atoms with Crippen LogP contribution < -0.4 is 11.1 Å². The summed E-state index contributed by atoms with van der Waals surface area (Å²) in [5.74, 6) is 0.491. The summed E-state index contributed by atoms with van der Waals surface area (Å²) in [6, 6.07) is 5.51. The van der Waals surface area contributed by atoms with Gasteiger partial charge in [-0.25, -0.2) is 0 Å². The molecule has 0 aromatic heterocycles. The van der Waals surface area contributed by atoms with E-state index in [9.17, 15) is 4.79 Å². The Hall–Kier alpha value is -1.55. The largest absolute Gasteiger partial charge is 0.399 e. The fourth-order valence-corrected chi connectivity index (χ4v) is 3.00. The Labute approximate surface area is 127 Å². The van der Waals surface area contributed by atoms with Gasteiger partial charge in [-0.2, -0.15) is 0 Å². The monoisotopic (exact) mass is 290 g/mol. The van der Waals surface area contributed by atoms with Gasteiger partial charge in [0.05, 0.1) is 6.10 Å². The topological polar surface area (TPSA) is 64.3 Å². The molecule has 0 spiro atoms. The van der Waals surface area contributed by atoms with Crippen LogP contribution in [0.15, 0.2) is 18.2 Å². The van der Waals surface area contributed by atoms with Crippen LogP contribution in [0.25, 0.3) is 0 Å². The molecule has 1 aromatic rings. The van der Waals surface area contributed by atoms with Gasteiger partial charge in [0.25, 0.3) is 0 Å². The lowest BCUT2D eigenvalue weighted by molar-refractivity contribution is -0.124. The number of nitrogens with two attached hydrogens (primary N) is 1.